The maximum atomic E-state index is 13.3. The minimum Gasteiger partial charge on any atom is -0.314 e. The van der Waals surface area contributed by atoms with Gasteiger partial charge in [0.1, 0.15) is 5.82 Å². The zero-order valence-electron chi connectivity index (χ0n) is 9.39. The Morgan fingerprint density at radius 3 is 2.73 bits per heavy atom. The number of hydrogen-bond acceptors (Lipinski definition) is 1. The molecule has 1 aliphatic carbocycles. The summed E-state index contributed by atoms with van der Waals surface area (Å²) in [5, 5.41) is 3.41. The van der Waals surface area contributed by atoms with E-state index < -0.39 is 0 Å². The molecule has 2 rings (SSSR count). The Bertz CT molecular complexity index is 342. The van der Waals surface area contributed by atoms with Crippen LogP contribution in [0.5, 0.6) is 0 Å². The van der Waals surface area contributed by atoms with Gasteiger partial charge in [0.15, 0.2) is 0 Å². The van der Waals surface area contributed by atoms with E-state index in [1.54, 1.807) is 13.0 Å². The predicted octanol–water partition coefficient (Wildman–Crippen LogP) is 2.99. The zero-order chi connectivity index (χ0) is 10.8. The zero-order valence-corrected chi connectivity index (χ0v) is 9.39. The molecule has 0 spiro atoms. The van der Waals surface area contributed by atoms with Gasteiger partial charge < -0.3 is 5.32 Å². The summed E-state index contributed by atoms with van der Waals surface area (Å²) in [6.45, 7) is 4.96. The number of halogens is 1. The van der Waals surface area contributed by atoms with Crippen molar-refractivity contribution in [2.45, 2.75) is 38.6 Å². The van der Waals surface area contributed by atoms with Gasteiger partial charge in [-0.3, -0.25) is 0 Å². The van der Waals surface area contributed by atoms with Crippen LogP contribution < -0.4 is 5.32 Å². The second-order valence-corrected chi connectivity index (χ2v) is 4.43. The van der Waals surface area contributed by atoms with E-state index in [9.17, 15) is 4.39 Å². The van der Waals surface area contributed by atoms with Gasteiger partial charge >= 0.3 is 0 Å². The quantitative estimate of drug-likeness (QED) is 0.803. The predicted molar refractivity (Wildman–Crippen MR) is 60.6 cm³/mol. The summed E-state index contributed by atoms with van der Waals surface area (Å²) >= 11 is 0. The minimum atomic E-state index is -0.0700. The lowest BCUT2D eigenvalue weighted by atomic mass is 9.75. The third kappa shape index (κ3) is 2.20. The highest BCUT2D eigenvalue weighted by molar-refractivity contribution is 5.28. The first-order valence-corrected chi connectivity index (χ1v) is 5.70. The lowest BCUT2D eigenvalue weighted by Crippen LogP contribution is -2.39. The topological polar surface area (TPSA) is 12.0 Å². The molecule has 1 N–H and O–H groups in total. The molecule has 0 bridgehead atoms. The van der Waals surface area contributed by atoms with E-state index >= 15 is 0 Å². The molecule has 1 nitrogen and oxygen atoms in total. The first kappa shape index (κ1) is 10.6. The molecule has 2 heteroatoms. The Morgan fingerprint density at radius 2 is 2.13 bits per heavy atom. The fourth-order valence-corrected chi connectivity index (χ4v) is 2.21. The molecule has 15 heavy (non-hydrogen) atoms. The molecule has 0 aromatic heterocycles. The fourth-order valence-electron chi connectivity index (χ4n) is 2.21. The third-order valence-corrected chi connectivity index (χ3v) is 3.30. The Morgan fingerprint density at radius 1 is 1.40 bits per heavy atom. The monoisotopic (exact) mass is 207 g/mol. The first-order valence-electron chi connectivity index (χ1n) is 5.70. The maximum absolute atomic E-state index is 13.3. The Kier molecular flexibility index (Phi) is 3.06. The van der Waals surface area contributed by atoms with Crippen molar-refractivity contribution < 1.29 is 4.39 Å². The van der Waals surface area contributed by atoms with Gasteiger partial charge in [0, 0.05) is 6.04 Å². The molecule has 1 aromatic carbocycles. The van der Waals surface area contributed by atoms with Crippen molar-refractivity contribution in [3.05, 3.63) is 35.1 Å². The van der Waals surface area contributed by atoms with Crippen LogP contribution in [0.25, 0.3) is 0 Å². The average Bonchev–Trinajstić information content (AvgIpc) is 2.16. The van der Waals surface area contributed by atoms with Gasteiger partial charge in [0.2, 0.25) is 0 Å². The molecule has 0 unspecified atom stereocenters. The number of hydrogen-bond donors (Lipinski definition) is 1. The molecule has 0 heterocycles. The van der Waals surface area contributed by atoms with Crippen LogP contribution in [0, 0.1) is 12.7 Å². The highest BCUT2D eigenvalue weighted by atomic mass is 19.1. The van der Waals surface area contributed by atoms with Crippen molar-refractivity contribution in [1.29, 1.82) is 0 Å². The van der Waals surface area contributed by atoms with Crippen LogP contribution in [0.15, 0.2) is 18.2 Å². The van der Waals surface area contributed by atoms with Crippen molar-refractivity contribution in [3.63, 3.8) is 0 Å². The second-order valence-electron chi connectivity index (χ2n) is 4.43. The van der Waals surface area contributed by atoms with E-state index in [2.05, 4.69) is 18.3 Å². The second kappa shape index (κ2) is 4.31. The van der Waals surface area contributed by atoms with Gasteiger partial charge in [0.05, 0.1) is 0 Å². The maximum Gasteiger partial charge on any atom is 0.126 e. The molecule has 0 atom stereocenters. The van der Waals surface area contributed by atoms with Crippen LogP contribution in [0.2, 0.25) is 0 Å². The Balaban J connectivity index is 1.98. The van der Waals surface area contributed by atoms with Crippen LogP contribution >= 0.6 is 0 Å². The lowest BCUT2D eigenvalue weighted by Gasteiger charge is -2.36. The van der Waals surface area contributed by atoms with E-state index in [1.807, 2.05) is 6.07 Å². The molecule has 0 aliphatic heterocycles. The number of aryl methyl sites for hydroxylation is 1. The van der Waals surface area contributed by atoms with E-state index in [4.69, 9.17) is 0 Å². The summed E-state index contributed by atoms with van der Waals surface area (Å²) in [5.74, 6) is 0.489. The molecule has 0 amide bonds. The Hall–Kier alpha value is -0.890. The summed E-state index contributed by atoms with van der Waals surface area (Å²) < 4.78 is 13.3. The number of rotatable bonds is 3. The smallest absolute Gasteiger partial charge is 0.126 e. The normalized spacial score (nSPS) is 25.0. The molecule has 1 aliphatic rings. The average molecular weight is 207 g/mol. The van der Waals surface area contributed by atoms with E-state index in [-0.39, 0.29) is 5.82 Å². The summed E-state index contributed by atoms with van der Waals surface area (Å²) in [4.78, 5) is 0. The van der Waals surface area contributed by atoms with Crippen molar-refractivity contribution in [2.24, 2.45) is 0 Å². The highest BCUT2D eigenvalue weighted by Crippen LogP contribution is 2.37. The molecule has 0 saturated heterocycles. The number of benzene rings is 1. The Labute approximate surface area is 90.7 Å². The van der Waals surface area contributed by atoms with Crippen molar-refractivity contribution in [3.8, 4) is 0 Å². The molecule has 82 valence electrons. The van der Waals surface area contributed by atoms with Crippen LogP contribution in [0.1, 0.15) is 36.8 Å². The fraction of sp³-hybridized carbons (Fsp3) is 0.538. The van der Waals surface area contributed by atoms with E-state index in [1.165, 1.54) is 0 Å². The molecule has 1 saturated carbocycles. The van der Waals surface area contributed by atoms with Gasteiger partial charge in [-0.05, 0) is 49.4 Å². The summed E-state index contributed by atoms with van der Waals surface area (Å²) in [7, 11) is 0. The van der Waals surface area contributed by atoms with Crippen LogP contribution in [-0.4, -0.2) is 12.6 Å². The molecular formula is C13H18FN. The molecular weight excluding hydrogens is 189 g/mol. The number of nitrogens with one attached hydrogen (secondary N) is 1. The first-order chi connectivity index (χ1) is 7.20. The third-order valence-electron chi connectivity index (χ3n) is 3.30. The van der Waals surface area contributed by atoms with Gasteiger partial charge in [0.25, 0.3) is 0 Å². The standard InChI is InChI=1S/C13H18FN/c1-3-15-12-6-11(7-12)10-5-4-9(2)13(14)8-10/h4-5,8,11-12,15H,3,6-7H2,1-2H3. The largest absolute Gasteiger partial charge is 0.314 e. The van der Waals surface area contributed by atoms with Gasteiger partial charge in [-0.1, -0.05) is 19.1 Å². The molecule has 0 radical (unpaired) electrons. The summed E-state index contributed by atoms with van der Waals surface area (Å²) in [6, 6.07) is 6.28. The summed E-state index contributed by atoms with van der Waals surface area (Å²) in [6.07, 6.45) is 2.30. The van der Waals surface area contributed by atoms with Crippen LogP contribution in [0.4, 0.5) is 4.39 Å². The van der Waals surface area contributed by atoms with Crippen molar-refractivity contribution in [1.82, 2.24) is 5.32 Å². The van der Waals surface area contributed by atoms with Crippen molar-refractivity contribution >= 4 is 0 Å². The van der Waals surface area contributed by atoms with Gasteiger partial charge in [-0.25, -0.2) is 4.39 Å². The molecule has 1 fully saturated rings. The highest BCUT2D eigenvalue weighted by Gasteiger charge is 2.29. The SMILES string of the molecule is CCNC1CC(c2ccc(C)c(F)c2)C1. The molecule has 1 aromatic rings. The van der Waals surface area contributed by atoms with Crippen LogP contribution in [-0.2, 0) is 0 Å². The van der Waals surface area contributed by atoms with E-state index in [0.717, 1.165) is 30.5 Å². The minimum absolute atomic E-state index is 0.0700. The van der Waals surface area contributed by atoms with E-state index in [0.29, 0.717) is 12.0 Å². The van der Waals surface area contributed by atoms with Crippen LogP contribution in [0.3, 0.4) is 0 Å². The van der Waals surface area contributed by atoms with Crippen molar-refractivity contribution in [2.75, 3.05) is 6.54 Å². The van der Waals surface area contributed by atoms with Gasteiger partial charge in [-0.15, -0.1) is 0 Å². The lowest BCUT2D eigenvalue weighted by molar-refractivity contribution is 0.295. The van der Waals surface area contributed by atoms with Gasteiger partial charge in [-0.2, -0.15) is 0 Å². The summed E-state index contributed by atoms with van der Waals surface area (Å²) in [5.41, 5.74) is 1.90.